The van der Waals surface area contributed by atoms with Gasteiger partial charge >= 0.3 is 0 Å². The maximum absolute atomic E-state index is 12.2. The topological polar surface area (TPSA) is 95.6 Å². The van der Waals surface area contributed by atoms with Crippen LogP contribution >= 0.6 is 0 Å². The number of carbonyl (C=O) groups is 2. The quantitative estimate of drug-likeness (QED) is 0.629. The zero-order valence-electron chi connectivity index (χ0n) is 16.0. The van der Waals surface area contributed by atoms with Crippen molar-refractivity contribution in [1.29, 1.82) is 0 Å². The van der Waals surface area contributed by atoms with Gasteiger partial charge in [0.05, 0.1) is 11.3 Å². The Morgan fingerprint density at radius 3 is 2.21 bits per heavy atom. The highest BCUT2D eigenvalue weighted by molar-refractivity contribution is 7.89. The first-order valence-corrected chi connectivity index (χ1v) is 10.3. The molecule has 0 bridgehead atoms. The second-order valence-corrected chi connectivity index (χ2v) is 8.78. The van der Waals surface area contributed by atoms with Crippen LogP contribution in [0.25, 0.3) is 10.8 Å². The number of hydrazine groups is 1. The van der Waals surface area contributed by atoms with Crippen LogP contribution in [0.15, 0.2) is 71.6 Å². The zero-order valence-corrected chi connectivity index (χ0v) is 16.9. The molecule has 0 atom stereocenters. The Morgan fingerprint density at radius 2 is 1.52 bits per heavy atom. The Bertz CT molecular complexity index is 1150. The number of sulfonamides is 1. The van der Waals surface area contributed by atoms with Crippen LogP contribution < -0.4 is 10.9 Å². The van der Waals surface area contributed by atoms with Crippen molar-refractivity contribution in [3.05, 3.63) is 77.9 Å². The third kappa shape index (κ3) is 4.61. The molecular formula is C21H21N3O4S. The molecule has 0 radical (unpaired) electrons. The van der Waals surface area contributed by atoms with E-state index >= 15 is 0 Å². The van der Waals surface area contributed by atoms with Gasteiger partial charge in [-0.1, -0.05) is 42.5 Å². The Kier molecular flexibility index (Phi) is 5.95. The molecule has 0 saturated heterocycles. The molecule has 0 aromatic heterocycles. The van der Waals surface area contributed by atoms with Crippen LogP contribution in [0.3, 0.4) is 0 Å². The van der Waals surface area contributed by atoms with E-state index < -0.39 is 15.9 Å². The number of nitrogens with one attached hydrogen (secondary N) is 2. The molecule has 0 spiro atoms. The van der Waals surface area contributed by atoms with Crippen LogP contribution in [0, 0.1) is 0 Å². The molecule has 0 saturated carbocycles. The summed E-state index contributed by atoms with van der Waals surface area (Å²) in [5.41, 5.74) is 5.83. The van der Waals surface area contributed by atoms with Crippen LogP contribution in [0.2, 0.25) is 0 Å². The van der Waals surface area contributed by atoms with Gasteiger partial charge in [-0.05, 0) is 40.6 Å². The van der Waals surface area contributed by atoms with E-state index in [0.717, 1.165) is 20.6 Å². The Morgan fingerprint density at radius 1 is 0.862 bits per heavy atom. The largest absolute Gasteiger partial charge is 0.273 e. The summed E-state index contributed by atoms with van der Waals surface area (Å²) in [6.45, 7) is 0. The summed E-state index contributed by atoms with van der Waals surface area (Å²) >= 11 is 0. The average Bonchev–Trinajstić information content (AvgIpc) is 2.72. The van der Waals surface area contributed by atoms with Gasteiger partial charge in [0, 0.05) is 19.7 Å². The van der Waals surface area contributed by atoms with Gasteiger partial charge in [0.1, 0.15) is 0 Å². The highest BCUT2D eigenvalue weighted by Gasteiger charge is 2.17. The Labute approximate surface area is 169 Å². The van der Waals surface area contributed by atoms with Gasteiger partial charge in [-0.2, -0.15) is 0 Å². The van der Waals surface area contributed by atoms with E-state index in [0.29, 0.717) is 0 Å². The highest BCUT2D eigenvalue weighted by atomic mass is 32.2. The molecule has 7 nitrogen and oxygen atoms in total. The predicted octanol–water partition coefficient (Wildman–Crippen LogP) is 2.09. The van der Waals surface area contributed by atoms with Gasteiger partial charge in [-0.25, -0.2) is 12.7 Å². The molecule has 8 heteroatoms. The molecule has 0 aliphatic carbocycles. The van der Waals surface area contributed by atoms with Crippen molar-refractivity contribution >= 4 is 32.6 Å². The fourth-order valence-electron chi connectivity index (χ4n) is 2.85. The van der Waals surface area contributed by atoms with Gasteiger partial charge in [-0.3, -0.25) is 20.4 Å². The number of hydrogen-bond acceptors (Lipinski definition) is 4. The minimum Gasteiger partial charge on any atom is -0.273 e. The van der Waals surface area contributed by atoms with Gasteiger partial charge < -0.3 is 0 Å². The van der Waals surface area contributed by atoms with Crippen molar-refractivity contribution in [2.75, 3.05) is 14.1 Å². The molecular weight excluding hydrogens is 390 g/mol. The molecule has 0 aliphatic rings. The lowest BCUT2D eigenvalue weighted by molar-refractivity contribution is -0.121. The van der Waals surface area contributed by atoms with Crippen LogP contribution in [-0.4, -0.2) is 38.6 Å². The molecule has 3 aromatic carbocycles. The monoisotopic (exact) mass is 411 g/mol. The number of hydrogen-bond donors (Lipinski definition) is 2. The number of nitrogens with zero attached hydrogens (tertiary/aromatic N) is 1. The third-order valence-corrected chi connectivity index (χ3v) is 6.27. The summed E-state index contributed by atoms with van der Waals surface area (Å²) in [5, 5.41) is 2.02. The first-order chi connectivity index (χ1) is 13.8. The fourth-order valence-corrected chi connectivity index (χ4v) is 3.75. The van der Waals surface area contributed by atoms with Crippen LogP contribution in [-0.2, 0) is 21.2 Å². The third-order valence-electron chi connectivity index (χ3n) is 4.44. The van der Waals surface area contributed by atoms with E-state index in [-0.39, 0.29) is 22.8 Å². The van der Waals surface area contributed by atoms with E-state index in [2.05, 4.69) is 10.9 Å². The lowest BCUT2D eigenvalue weighted by atomic mass is 10.0. The molecule has 3 rings (SSSR count). The lowest BCUT2D eigenvalue weighted by Gasteiger charge is -2.12. The van der Waals surface area contributed by atoms with Crippen LogP contribution in [0.5, 0.6) is 0 Å². The summed E-state index contributed by atoms with van der Waals surface area (Å²) in [6, 6.07) is 19.0. The summed E-state index contributed by atoms with van der Waals surface area (Å²) < 4.78 is 25.2. The fraction of sp³-hybridized carbons (Fsp3) is 0.143. The minimum atomic E-state index is -3.57. The minimum absolute atomic E-state index is 0.0824. The first kappa shape index (κ1) is 20.5. The summed E-state index contributed by atoms with van der Waals surface area (Å²) in [4.78, 5) is 24.5. The molecule has 0 heterocycles. The average molecular weight is 411 g/mol. The van der Waals surface area contributed by atoms with E-state index in [1.165, 1.54) is 38.4 Å². The van der Waals surface area contributed by atoms with Gasteiger partial charge in [0.15, 0.2) is 0 Å². The Balaban J connectivity index is 1.62. The number of carbonyl (C=O) groups excluding carboxylic acids is 2. The SMILES string of the molecule is CN(C)S(=O)(=O)c1ccc(C(=O)NNC(=O)Cc2cccc3ccccc23)cc1. The van der Waals surface area contributed by atoms with Crippen molar-refractivity contribution in [3.63, 3.8) is 0 Å². The van der Waals surface area contributed by atoms with E-state index in [1.54, 1.807) is 0 Å². The smallest absolute Gasteiger partial charge is 0.269 e. The first-order valence-electron chi connectivity index (χ1n) is 8.87. The van der Waals surface area contributed by atoms with Crippen LogP contribution in [0.4, 0.5) is 0 Å². The molecule has 0 unspecified atom stereocenters. The zero-order chi connectivity index (χ0) is 21.0. The van der Waals surface area contributed by atoms with Crippen LogP contribution in [0.1, 0.15) is 15.9 Å². The second-order valence-electron chi connectivity index (χ2n) is 6.63. The van der Waals surface area contributed by atoms with Crippen molar-refractivity contribution in [2.24, 2.45) is 0 Å². The molecule has 29 heavy (non-hydrogen) atoms. The summed E-state index contributed by atoms with van der Waals surface area (Å²) in [5.74, 6) is -0.897. The van der Waals surface area contributed by atoms with Crippen molar-refractivity contribution in [1.82, 2.24) is 15.2 Å². The van der Waals surface area contributed by atoms with Crippen molar-refractivity contribution < 1.29 is 18.0 Å². The Hall–Kier alpha value is -3.23. The van der Waals surface area contributed by atoms with E-state index in [4.69, 9.17) is 0 Å². The molecule has 3 aromatic rings. The second kappa shape index (κ2) is 8.42. The molecule has 0 aliphatic heterocycles. The standard InChI is InChI=1S/C21H21N3O4S/c1-24(2)29(27,28)18-12-10-16(11-13-18)21(26)23-22-20(25)14-17-8-5-7-15-6-3-4-9-19(15)17/h3-13H,14H2,1-2H3,(H,22,25)(H,23,26). The number of fused-ring (bicyclic) bond motifs is 1. The summed E-state index contributed by atoms with van der Waals surface area (Å²) in [6.07, 6.45) is 0.113. The van der Waals surface area contributed by atoms with Gasteiger partial charge in [0.2, 0.25) is 15.9 Å². The highest BCUT2D eigenvalue weighted by Crippen LogP contribution is 2.19. The normalized spacial score (nSPS) is 11.4. The van der Waals surface area contributed by atoms with E-state index in [1.807, 2.05) is 42.5 Å². The van der Waals surface area contributed by atoms with Gasteiger partial charge in [-0.15, -0.1) is 0 Å². The maximum atomic E-state index is 12.2. The van der Waals surface area contributed by atoms with E-state index in [9.17, 15) is 18.0 Å². The lowest BCUT2D eigenvalue weighted by Crippen LogP contribution is -2.42. The number of amides is 2. The molecule has 0 fully saturated rings. The molecule has 2 N–H and O–H groups in total. The number of rotatable bonds is 5. The molecule has 2 amide bonds. The van der Waals surface area contributed by atoms with Gasteiger partial charge in [0.25, 0.3) is 5.91 Å². The van der Waals surface area contributed by atoms with Crippen molar-refractivity contribution in [3.8, 4) is 0 Å². The van der Waals surface area contributed by atoms with Crippen molar-refractivity contribution in [2.45, 2.75) is 11.3 Å². The maximum Gasteiger partial charge on any atom is 0.269 e. The number of benzene rings is 3. The molecule has 150 valence electrons. The predicted molar refractivity (Wildman–Crippen MR) is 111 cm³/mol. The summed E-state index contributed by atoms with van der Waals surface area (Å²) in [7, 11) is -0.702.